The number of amides is 1. The number of piperazine rings is 1. The molecule has 1 atom stereocenters. The van der Waals surface area contributed by atoms with Crippen molar-refractivity contribution in [3.63, 3.8) is 0 Å². The van der Waals surface area contributed by atoms with Crippen molar-refractivity contribution in [3.05, 3.63) is 72.8 Å². The second-order valence-corrected chi connectivity index (χ2v) is 8.29. The van der Waals surface area contributed by atoms with Crippen LogP contribution in [0.4, 0.5) is 5.69 Å². The summed E-state index contributed by atoms with van der Waals surface area (Å²) in [5.74, 6) is 0.0227. The number of anilines is 1. The van der Waals surface area contributed by atoms with Gasteiger partial charge in [0.25, 0.3) is 0 Å². The van der Waals surface area contributed by atoms with Gasteiger partial charge in [0.2, 0.25) is 5.91 Å². The summed E-state index contributed by atoms with van der Waals surface area (Å²) in [6.45, 7) is 2.84. The van der Waals surface area contributed by atoms with Crippen molar-refractivity contribution in [1.29, 1.82) is 0 Å². The van der Waals surface area contributed by atoms with Crippen LogP contribution in [0.3, 0.4) is 0 Å². The number of nitrogens with two attached hydrogens (primary N) is 1. The highest BCUT2D eigenvalue weighted by Gasteiger charge is 2.26. The number of fused-ring (bicyclic) bond motifs is 1. The van der Waals surface area contributed by atoms with Gasteiger partial charge in [-0.3, -0.25) is 9.48 Å². The summed E-state index contributed by atoms with van der Waals surface area (Å²) in [6, 6.07) is 13.6. The Bertz CT molecular complexity index is 1220. The Morgan fingerprint density at radius 2 is 1.75 bits per heavy atom. The molecule has 3 aromatic heterocycles. The van der Waals surface area contributed by atoms with Gasteiger partial charge in [-0.2, -0.15) is 10.2 Å². The number of hydrogen-bond donors (Lipinski definition) is 1. The van der Waals surface area contributed by atoms with E-state index >= 15 is 0 Å². The van der Waals surface area contributed by atoms with Crippen molar-refractivity contribution in [1.82, 2.24) is 24.3 Å². The minimum Gasteiger partial charge on any atom is -0.365 e. The maximum atomic E-state index is 12.8. The van der Waals surface area contributed by atoms with Crippen LogP contribution in [0.1, 0.15) is 5.56 Å². The first kappa shape index (κ1) is 20.3. The lowest BCUT2D eigenvalue weighted by Gasteiger charge is -2.36. The van der Waals surface area contributed by atoms with Gasteiger partial charge in [-0.05, 0) is 18.1 Å². The topological polar surface area (TPSA) is 84.7 Å². The van der Waals surface area contributed by atoms with Crippen molar-refractivity contribution < 1.29 is 4.79 Å². The molecule has 5 rings (SSSR count). The molecule has 8 nitrogen and oxygen atoms in total. The summed E-state index contributed by atoms with van der Waals surface area (Å²) in [5.41, 5.74) is 11.6. The molecule has 0 unspecified atom stereocenters. The van der Waals surface area contributed by atoms with Gasteiger partial charge in [0.05, 0.1) is 29.6 Å². The number of benzene rings is 1. The Balaban J connectivity index is 1.24. The maximum absolute atomic E-state index is 12.8. The SMILES string of the molecule is Cn1cc(-c2ccc3c(N4CCN(C(=O)[C@@H](N)Cc5ccccc5)CC4)cnn3c2)cn1. The van der Waals surface area contributed by atoms with E-state index in [4.69, 9.17) is 5.73 Å². The number of hydrogen-bond acceptors (Lipinski definition) is 5. The van der Waals surface area contributed by atoms with Gasteiger partial charge in [-0.25, -0.2) is 4.52 Å². The number of nitrogens with zero attached hydrogens (tertiary/aromatic N) is 6. The van der Waals surface area contributed by atoms with E-state index in [9.17, 15) is 4.79 Å². The zero-order valence-electron chi connectivity index (χ0n) is 18.1. The minimum atomic E-state index is -0.508. The molecule has 8 heteroatoms. The van der Waals surface area contributed by atoms with E-state index in [1.165, 1.54) is 0 Å². The van der Waals surface area contributed by atoms with Crippen molar-refractivity contribution in [2.45, 2.75) is 12.5 Å². The summed E-state index contributed by atoms with van der Waals surface area (Å²) in [4.78, 5) is 17.0. The lowest BCUT2D eigenvalue weighted by molar-refractivity contribution is -0.132. The number of aryl methyl sites for hydroxylation is 1. The predicted molar refractivity (Wildman–Crippen MR) is 124 cm³/mol. The molecule has 0 spiro atoms. The van der Waals surface area contributed by atoms with Crippen molar-refractivity contribution >= 4 is 17.1 Å². The molecule has 1 amide bonds. The first-order valence-corrected chi connectivity index (χ1v) is 10.9. The predicted octanol–water partition coefficient (Wildman–Crippen LogP) is 1.95. The van der Waals surface area contributed by atoms with Gasteiger partial charge in [-0.1, -0.05) is 36.4 Å². The van der Waals surface area contributed by atoms with Crippen molar-refractivity contribution in [3.8, 4) is 11.1 Å². The Morgan fingerprint density at radius 1 is 0.969 bits per heavy atom. The summed E-state index contributed by atoms with van der Waals surface area (Å²) in [7, 11) is 1.91. The molecule has 4 aromatic rings. The number of rotatable bonds is 5. The minimum absolute atomic E-state index is 0.0227. The van der Waals surface area contributed by atoms with E-state index in [0.29, 0.717) is 19.5 Å². The van der Waals surface area contributed by atoms with Gasteiger partial charge in [0.1, 0.15) is 0 Å². The van der Waals surface area contributed by atoms with Crippen LogP contribution in [0, 0.1) is 0 Å². The van der Waals surface area contributed by atoms with Crippen LogP contribution >= 0.6 is 0 Å². The Labute approximate surface area is 186 Å². The molecule has 1 fully saturated rings. The molecule has 1 aliphatic heterocycles. The normalized spacial score (nSPS) is 15.3. The van der Waals surface area contributed by atoms with Crippen molar-refractivity contribution in [2.75, 3.05) is 31.1 Å². The van der Waals surface area contributed by atoms with Gasteiger partial charge < -0.3 is 15.5 Å². The number of carbonyl (C=O) groups excluding carboxylic acids is 1. The summed E-state index contributed by atoms with van der Waals surface area (Å²) >= 11 is 0. The fraction of sp³-hybridized carbons (Fsp3) is 0.292. The highest BCUT2D eigenvalue weighted by molar-refractivity contribution is 5.82. The average molecular weight is 430 g/mol. The molecule has 1 saturated heterocycles. The fourth-order valence-electron chi connectivity index (χ4n) is 4.31. The van der Waals surface area contributed by atoms with Crippen LogP contribution in [-0.4, -0.2) is 62.4 Å². The summed E-state index contributed by atoms with van der Waals surface area (Å²) in [6.07, 6.45) is 8.33. The quantitative estimate of drug-likeness (QED) is 0.524. The van der Waals surface area contributed by atoms with Crippen LogP contribution in [0.2, 0.25) is 0 Å². The molecular weight excluding hydrogens is 402 g/mol. The summed E-state index contributed by atoms with van der Waals surface area (Å²) in [5, 5.41) is 8.81. The van der Waals surface area contributed by atoms with Crippen LogP contribution < -0.4 is 10.6 Å². The molecule has 0 bridgehead atoms. The molecule has 0 aliphatic carbocycles. The second-order valence-electron chi connectivity index (χ2n) is 8.29. The number of pyridine rings is 1. The first-order chi connectivity index (χ1) is 15.6. The Hall–Kier alpha value is -3.65. The Kier molecular flexibility index (Phi) is 5.36. The maximum Gasteiger partial charge on any atom is 0.239 e. The van der Waals surface area contributed by atoms with E-state index in [0.717, 1.165) is 41.0 Å². The lowest BCUT2D eigenvalue weighted by Crippen LogP contribution is -2.53. The highest BCUT2D eigenvalue weighted by Crippen LogP contribution is 2.26. The number of carbonyl (C=O) groups is 1. The Morgan fingerprint density at radius 3 is 2.47 bits per heavy atom. The molecule has 0 saturated carbocycles. The molecule has 1 aliphatic rings. The second kappa shape index (κ2) is 8.47. The van der Waals surface area contributed by atoms with Gasteiger partial charge in [-0.15, -0.1) is 0 Å². The van der Waals surface area contributed by atoms with Crippen LogP contribution in [0.15, 0.2) is 67.3 Å². The zero-order chi connectivity index (χ0) is 22.1. The fourth-order valence-corrected chi connectivity index (χ4v) is 4.31. The standard InChI is InChI=1S/C24H27N7O/c1-28-16-20(14-26-28)19-7-8-22-23(15-27-31(22)17-19)29-9-11-30(12-10-29)24(32)21(25)13-18-5-3-2-4-6-18/h2-8,14-17,21H,9-13,25H2,1H3/t21-/m0/s1. The van der Waals surface area contributed by atoms with Crippen LogP contribution in [0.5, 0.6) is 0 Å². The molecule has 1 aromatic carbocycles. The molecular formula is C24H27N7O. The van der Waals surface area contributed by atoms with E-state index < -0.39 is 6.04 Å². The van der Waals surface area contributed by atoms with Gasteiger partial charge >= 0.3 is 0 Å². The van der Waals surface area contributed by atoms with E-state index in [2.05, 4.69) is 27.2 Å². The number of aromatic nitrogens is 4. The first-order valence-electron chi connectivity index (χ1n) is 10.9. The molecule has 32 heavy (non-hydrogen) atoms. The van der Waals surface area contributed by atoms with E-state index in [1.54, 1.807) is 4.68 Å². The van der Waals surface area contributed by atoms with Crippen molar-refractivity contribution in [2.24, 2.45) is 12.8 Å². The van der Waals surface area contributed by atoms with Crippen LogP contribution in [-0.2, 0) is 18.3 Å². The summed E-state index contributed by atoms with van der Waals surface area (Å²) < 4.78 is 3.70. The molecule has 0 radical (unpaired) electrons. The zero-order valence-corrected chi connectivity index (χ0v) is 18.1. The van der Waals surface area contributed by atoms with Crippen LogP contribution in [0.25, 0.3) is 16.6 Å². The third-order valence-corrected chi connectivity index (χ3v) is 6.08. The molecule has 4 heterocycles. The lowest BCUT2D eigenvalue weighted by atomic mass is 10.1. The van der Waals surface area contributed by atoms with Gasteiger partial charge in [0.15, 0.2) is 0 Å². The van der Waals surface area contributed by atoms with E-state index in [1.807, 2.05) is 71.6 Å². The smallest absolute Gasteiger partial charge is 0.239 e. The van der Waals surface area contributed by atoms with Gasteiger partial charge in [0, 0.05) is 56.7 Å². The van der Waals surface area contributed by atoms with E-state index in [-0.39, 0.29) is 5.91 Å². The molecule has 164 valence electrons. The third-order valence-electron chi connectivity index (χ3n) is 6.08. The largest absolute Gasteiger partial charge is 0.365 e. The average Bonchev–Trinajstić information content (AvgIpc) is 3.45. The molecule has 2 N–H and O–H groups in total. The highest BCUT2D eigenvalue weighted by atomic mass is 16.2. The third kappa shape index (κ3) is 3.97. The monoisotopic (exact) mass is 429 g/mol.